The fourth-order valence-corrected chi connectivity index (χ4v) is 5.09. The van der Waals surface area contributed by atoms with Crippen LogP contribution in [0.1, 0.15) is 26.2 Å². The largest absolute Gasteiger partial charge is 0.463 e. The standard InChI is InChI=1S/C25H29F3N4O4/c1-2-34-24(33)16-9-15-10-20(28)23(31-7-5-25(6-8-31)35-14-18(12-29)36-25)30-22(15)32(13-16)21-4-3-17(26)11-19(21)27/h3-4,10-11,13,18,20,22H,2,5-9,12,14,29H2,1H3. The summed E-state index contributed by atoms with van der Waals surface area (Å²) in [5.74, 6) is -2.63. The van der Waals surface area contributed by atoms with Crippen LogP contribution in [-0.2, 0) is 19.0 Å². The second-order valence-electron chi connectivity index (χ2n) is 9.24. The zero-order valence-corrected chi connectivity index (χ0v) is 20.0. The number of amidine groups is 1. The molecule has 11 heteroatoms. The van der Waals surface area contributed by atoms with Crippen LogP contribution in [0.4, 0.5) is 18.9 Å². The summed E-state index contributed by atoms with van der Waals surface area (Å²) >= 11 is 0. The summed E-state index contributed by atoms with van der Waals surface area (Å²) in [5, 5.41) is 0. The van der Waals surface area contributed by atoms with Crippen molar-refractivity contribution in [2.75, 3.05) is 37.7 Å². The molecular weight excluding hydrogens is 477 g/mol. The van der Waals surface area contributed by atoms with Crippen LogP contribution in [0.25, 0.3) is 0 Å². The van der Waals surface area contributed by atoms with Crippen LogP contribution >= 0.6 is 0 Å². The van der Waals surface area contributed by atoms with E-state index >= 15 is 4.39 Å². The van der Waals surface area contributed by atoms with Crippen LogP contribution in [0, 0.1) is 11.6 Å². The lowest BCUT2D eigenvalue weighted by molar-refractivity contribution is -0.189. The summed E-state index contributed by atoms with van der Waals surface area (Å²) in [7, 11) is 0. The van der Waals surface area contributed by atoms with Gasteiger partial charge in [0.2, 0.25) is 0 Å². The highest BCUT2D eigenvalue weighted by atomic mass is 19.1. The molecule has 0 amide bonds. The number of carbonyl (C=O) groups excluding carboxylic acids is 1. The fourth-order valence-electron chi connectivity index (χ4n) is 5.09. The van der Waals surface area contributed by atoms with Gasteiger partial charge in [-0.2, -0.15) is 0 Å². The molecule has 2 fully saturated rings. The van der Waals surface area contributed by atoms with Crippen molar-refractivity contribution in [2.24, 2.45) is 10.7 Å². The molecule has 0 saturated carbocycles. The third-order valence-electron chi connectivity index (χ3n) is 6.90. The highest BCUT2D eigenvalue weighted by Crippen LogP contribution is 2.38. The molecule has 2 saturated heterocycles. The summed E-state index contributed by atoms with van der Waals surface area (Å²) in [4.78, 5) is 20.4. The van der Waals surface area contributed by atoms with Crippen LogP contribution < -0.4 is 10.6 Å². The maximum atomic E-state index is 15.4. The number of likely N-dealkylation sites (tertiary alicyclic amines) is 1. The summed E-state index contributed by atoms with van der Waals surface area (Å²) in [5.41, 5.74) is 6.46. The molecule has 5 rings (SSSR count). The van der Waals surface area contributed by atoms with E-state index in [4.69, 9.17) is 19.9 Å². The van der Waals surface area contributed by atoms with E-state index in [2.05, 4.69) is 4.99 Å². The molecule has 4 aliphatic rings. The molecule has 0 radical (unpaired) electrons. The number of esters is 1. The Bertz CT molecular complexity index is 1120. The van der Waals surface area contributed by atoms with Crippen molar-refractivity contribution in [3.8, 4) is 0 Å². The van der Waals surface area contributed by atoms with Crippen LogP contribution in [0.2, 0.25) is 0 Å². The maximum Gasteiger partial charge on any atom is 0.335 e. The number of nitrogens with two attached hydrogens (primary N) is 1. The van der Waals surface area contributed by atoms with E-state index < -0.39 is 35.7 Å². The number of hydrogen-bond donors (Lipinski definition) is 1. The van der Waals surface area contributed by atoms with Gasteiger partial charge in [-0.25, -0.2) is 23.0 Å². The zero-order valence-electron chi connectivity index (χ0n) is 20.0. The molecule has 4 heterocycles. The lowest BCUT2D eigenvalue weighted by atomic mass is 9.94. The molecule has 8 nitrogen and oxygen atoms in total. The molecular formula is C25H29F3N4O4. The summed E-state index contributed by atoms with van der Waals surface area (Å²) < 4.78 is 60.8. The van der Waals surface area contributed by atoms with E-state index in [-0.39, 0.29) is 36.2 Å². The highest BCUT2D eigenvalue weighted by molar-refractivity contribution is 5.93. The molecule has 1 aromatic rings. The minimum Gasteiger partial charge on any atom is -0.463 e. The number of halogens is 3. The van der Waals surface area contributed by atoms with E-state index in [0.717, 1.165) is 12.1 Å². The van der Waals surface area contributed by atoms with E-state index in [9.17, 15) is 13.6 Å². The Morgan fingerprint density at radius 3 is 2.75 bits per heavy atom. The monoisotopic (exact) mass is 506 g/mol. The van der Waals surface area contributed by atoms with E-state index in [1.54, 1.807) is 6.92 Å². The molecule has 4 aliphatic heterocycles. The molecule has 2 N–H and O–H groups in total. The third-order valence-corrected chi connectivity index (χ3v) is 6.90. The summed E-state index contributed by atoms with van der Waals surface area (Å²) in [6.07, 6.45) is 1.60. The van der Waals surface area contributed by atoms with Crippen molar-refractivity contribution in [3.05, 3.63) is 53.3 Å². The topological polar surface area (TPSA) is 89.6 Å². The first-order valence-electron chi connectivity index (χ1n) is 12.1. The minimum atomic E-state index is -1.51. The van der Waals surface area contributed by atoms with Crippen molar-refractivity contribution in [1.29, 1.82) is 0 Å². The minimum absolute atomic E-state index is 0.0207. The normalized spacial score (nSPS) is 27.4. The van der Waals surface area contributed by atoms with Gasteiger partial charge in [0.1, 0.15) is 23.6 Å². The molecule has 36 heavy (non-hydrogen) atoms. The zero-order chi connectivity index (χ0) is 25.4. The van der Waals surface area contributed by atoms with Crippen molar-refractivity contribution in [2.45, 2.75) is 50.4 Å². The first-order valence-corrected chi connectivity index (χ1v) is 12.1. The number of benzene rings is 1. The van der Waals surface area contributed by atoms with E-state index in [1.807, 2.05) is 4.90 Å². The average Bonchev–Trinajstić information content (AvgIpc) is 3.26. The van der Waals surface area contributed by atoms with Crippen molar-refractivity contribution < 1.29 is 32.2 Å². The van der Waals surface area contributed by atoms with Crippen LogP contribution in [0.3, 0.4) is 0 Å². The maximum absolute atomic E-state index is 15.4. The summed E-state index contributed by atoms with van der Waals surface area (Å²) in [6, 6.07) is 3.16. The Morgan fingerprint density at radius 2 is 2.08 bits per heavy atom. The lowest BCUT2D eigenvalue weighted by Crippen LogP contribution is -2.52. The molecule has 1 aromatic carbocycles. The summed E-state index contributed by atoms with van der Waals surface area (Å²) in [6.45, 7) is 3.56. The van der Waals surface area contributed by atoms with Gasteiger partial charge in [-0.15, -0.1) is 0 Å². The van der Waals surface area contributed by atoms with Crippen molar-refractivity contribution >= 4 is 17.5 Å². The number of alkyl halides is 1. The molecule has 1 spiro atoms. The van der Waals surface area contributed by atoms with Crippen LogP contribution in [-0.4, -0.2) is 73.8 Å². The fraction of sp³-hybridized carbons (Fsp3) is 0.520. The van der Waals surface area contributed by atoms with Crippen molar-refractivity contribution in [3.63, 3.8) is 0 Å². The first kappa shape index (κ1) is 24.8. The highest BCUT2D eigenvalue weighted by Gasteiger charge is 2.45. The number of dihydropyridines is 1. The Hall–Kier alpha value is -2.89. The number of ether oxygens (including phenoxy) is 3. The number of rotatable bonds is 4. The van der Waals surface area contributed by atoms with Gasteiger partial charge in [0.25, 0.3) is 0 Å². The predicted molar refractivity (Wildman–Crippen MR) is 126 cm³/mol. The van der Waals surface area contributed by atoms with Gasteiger partial charge in [0.05, 0.1) is 30.6 Å². The molecule has 0 aromatic heterocycles. The number of aliphatic imine (C=N–C) groups is 1. The Morgan fingerprint density at radius 1 is 1.31 bits per heavy atom. The number of anilines is 1. The number of piperidine rings is 1. The average molecular weight is 507 g/mol. The van der Waals surface area contributed by atoms with Crippen LogP contribution in [0.15, 0.2) is 46.6 Å². The number of hydrogen-bond acceptors (Lipinski definition) is 8. The molecule has 194 valence electrons. The number of nitrogens with zero attached hydrogens (tertiary/aromatic N) is 3. The van der Waals surface area contributed by atoms with Gasteiger partial charge < -0.3 is 29.7 Å². The van der Waals surface area contributed by atoms with E-state index in [0.29, 0.717) is 44.7 Å². The van der Waals surface area contributed by atoms with Gasteiger partial charge in [-0.1, -0.05) is 0 Å². The molecule has 0 aliphatic carbocycles. The molecule has 0 bridgehead atoms. The van der Waals surface area contributed by atoms with E-state index in [1.165, 1.54) is 23.2 Å². The third kappa shape index (κ3) is 4.62. The van der Waals surface area contributed by atoms with Gasteiger partial charge in [-0.05, 0) is 30.7 Å². The first-order chi connectivity index (χ1) is 17.3. The predicted octanol–water partition coefficient (Wildman–Crippen LogP) is 2.79. The lowest BCUT2D eigenvalue weighted by Gasteiger charge is -2.42. The second-order valence-corrected chi connectivity index (χ2v) is 9.24. The van der Waals surface area contributed by atoms with Crippen LogP contribution in [0.5, 0.6) is 0 Å². The van der Waals surface area contributed by atoms with Gasteiger partial charge >= 0.3 is 5.97 Å². The Balaban J connectivity index is 1.43. The molecule has 3 unspecified atom stereocenters. The van der Waals surface area contributed by atoms with Gasteiger partial charge in [0.15, 0.2) is 12.0 Å². The second kappa shape index (κ2) is 9.87. The smallest absolute Gasteiger partial charge is 0.335 e. The molecule has 3 atom stereocenters. The SMILES string of the molecule is CCOC(=O)C1=CN(c2ccc(F)cc2F)C2N=C(N3CCC4(CC3)OCC(CN)O4)C(F)C=C2C1. The number of fused-ring (bicyclic) bond motifs is 1. The van der Waals surface area contributed by atoms with Gasteiger partial charge in [-0.3, -0.25) is 0 Å². The Labute approximate surface area is 207 Å². The number of carbonyl (C=O) groups is 1. The van der Waals surface area contributed by atoms with Gasteiger partial charge in [0, 0.05) is 51.2 Å². The quantitative estimate of drug-likeness (QED) is 0.496. The van der Waals surface area contributed by atoms with Crippen molar-refractivity contribution in [1.82, 2.24) is 4.90 Å². The Kier molecular flexibility index (Phi) is 6.80.